The number of benzene rings is 1. The highest BCUT2D eigenvalue weighted by molar-refractivity contribution is 5.73. The summed E-state index contributed by atoms with van der Waals surface area (Å²) in [6.45, 7) is 7.82. The van der Waals surface area contributed by atoms with Gasteiger partial charge in [0.25, 0.3) is 0 Å². The van der Waals surface area contributed by atoms with Crippen molar-refractivity contribution in [1.82, 2.24) is 10.3 Å². The molecule has 0 fully saturated rings. The number of ether oxygens (including phenoxy) is 2. The Morgan fingerprint density at radius 1 is 1.08 bits per heavy atom. The Labute approximate surface area is 149 Å². The van der Waals surface area contributed by atoms with E-state index in [9.17, 15) is 4.79 Å². The van der Waals surface area contributed by atoms with E-state index in [-0.39, 0.29) is 18.1 Å². The first-order valence-electron chi connectivity index (χ1n) is 8.53. The number of carbonyl (C=O) groups excluding carboxylic acids is 1. The number of hydrogen-bond donors (Lipinski definition) is 1. The Bertz CT molecular complexity index is 666. The van der Waals surface area contributed by atoms with E-state index in [4.69, 9.17) is 9.47 Å². The lowest BCUT2D eigenvalue weighted by Crippen LogP contribution is -2.35. The van der Waals surface area contributed by atoms with Gasteiger partial charge in [-0.05, 0) is 50.5 Å². The molecule has 0 aliphatic rings. The zero-order valence-corrected chi connectivity index (χ0v) is 15.3. The zero-order chi connectivity index (χ0) is 18.2. The molecule has 0 bridgehead atoms. The van der Waals surface area contributed by atoms with Gasteiger partial charge in [0.1, 0.15) is 12.4 Å². The van der Waals surface area contributed by atoms with Gasteiger partial charge < -0.3 is 14.8 Å². The highest BCUT2D eigenvalue weighted by atomic mass is 16.5. The van der Waals surface area contributed by atoms with Gasteiger partial charge in [-0.1, -0.05) is 18.2 Å². The van der Waals surface area contributed by atoms with Crippen molar-refractivity contribution in [3.8, 4) is 11.6 Å². The maximum absolute atomic E-state index is 11.0. The number of amides is 1. The van der Waals surface area contributed by atoms with Crippen molar-refractivity contribution in [3.63, 3.8) is 0 Å². The van der Waals surface area contributed by atoms with Crippen molar-refractivity contribution in [3.05, 3.63) is 53.7 Å². The van der Waals surface area contributed by atoms with Gasteiger partial charge in [-0.15, -0.1) is 0 Å². The molecular formula is C20H26N2O3. The molecule has 0 unspecified atom stereocenters. The molecule has 1 atom stereocenters. The minimum absolute atomic E-state index is 0.0187. The summed E-state index contributed by atoms with van der Waals surface area (Å²) < 4.78 is 11.2. The van der Waals surface area contributed by atoms with Crippen molar-refractivity contribution in [2.75, 3.05) is 6.61 Å². The monoisotopic (exact) mass is 342 g/mol. The summed E-state index contributed by atoms with van der Waals surface area (Å²) in [7, 11) is 0. The summed E-state index contributed by atoms with van der Waals surface area (Å²) in [4.78, 5) is 15.3. The number of nitrogens with zero attached hydrogens (tertiary/aromatic N) is 1. The van der Waals surface area contributed by atoms with E-state index < -0.39 is 0 Å². The van der Waals surface area contributed by atoms with E-state index in [0.717, 1.165) is 17.7 Å². The predicted molar refractivity (Wildman–Crippen MR) is 98.0 cm³/mol. The summed E-state index contributed by atoms with van der Waals surface area (Å²) in [6, 6.07) is 11.9. The van der Waals surface area contributed by atoms with Crippen LogP contribution in [0.4, 0.5) is 0 Å². The van der Waals surface area contributed by atoms with Crippen LogP contribution in [0.15, 0.2) is 42.6 Å². The molecule has 2 rings (SSSR count). The van der Waals surface area contributed by atoms with Crippen LogP contribution in [-0.4, -0.2) is 29.6 Å². The number of hydrogen-bond acceptors (Lipinski definition) is 4. The Morgan fingerprint density at radius 2 is 1.76 bits per heavy atom. The van der Waals surface area contributed by atoms with Crippen LogP contribution in [0.5, 0.6) is 11.6 Å². The Hall–Kier alpha value is -2.56. The van der Waals surface area contributed by atoms with E-state index in [1.165, 1.54) is 12.5 Å². The summed E-state index contributed by atoms with van der Waals surface area (Å²) in [5.74, 6) is 1.39. The Morgan fingerprint density at radius 3 is 2.32 bits per heavy atom. The maximum Gasteiger partial charge on any atom is 0.217 e. The minimum Gasteiger partial charge on any atom is -0.491 e. The van der Waals surface area contributed by atoms with Crippen molar-refractivity contribution >= 4 is 5.91 Å². The molecule has 1 aromatic heterocycles. The van der Waals surface area contributed by atoms with E-state index in [0.29, 0.717) is 12.5 Å². The second kappa shape index (κ2) is 9.06. The lowest BCUT2D eigenvalue weighted by atomic mass is 10.1. The fourth-order valence-electron chi connectivity index (χ4n) is 2.38. The summed E-state index contributed by atoms with van der Waals surface area (Å²) in [6.07, 6.45) is 2.77. The third kappa shape index (κ3) is 6.83. The topological polar surface area (TPSA) is 60.5 Å². The predicted octanol–water partition coefficient (Wildman–Crippen LogP) is 3.36. The molecule has 1 heterocycles. The molecule has 134 valence electrons. The van der Waals surface area contributed by atoms with Gasteiger partial charge in [0.05, 0.1) is 12.1 Å². The van der Waals surface area contributed by atoms with Gasteiger partial charge in [-0.3, -0.25) is 4.79 Å². The molecule has 5 nitrogen and oxygen atoms in total. The molecule has 1 aromatic carbocycles. The van der Waals surface area contributed by atoms with Gasteiger partial charge >= 0.3 is 0 Å². The smallest absolute Gasteiger partial charge is 0.217 e. The third-order valence-electron chi connectivity index (χ3n) is 3.44. The van der Waals surface area contributed by atoms with Crippen LogP contribution in [0.3, 0.4) is 0 Å². The van der Waals surface area contributed by atoms with Crippen LogP contribution in [-0.2, 0) is 11.2 Å². The summed E-state index contributed by atoms with van der Waals surface area (Å²) in [5.41, 5.74) is 2.31. The van der Waals surface area contributed by atoms with E-state index in [1.54, 1.807) is 0 Å². The number of aromatic nitrogens is 1. The SMILES string of the molecule is CC(=O)N[C@@H](C)COc1ccc(Cc2ccc(OC(C)C)nc2)cc1. The van der Waals surface area contributed by atoms with E-state index in [2.05, 4.69) is 10.3 Å². The molecule has 0 saturated heterocycles. The second-order valence-electron chi connectivity index (χ2n) is 6.40. The van der Waals surface area contributed by atoms with Gasteiger partial charge in [-0.2, -0.15) is 0 Å². The average Bonchev–Trinajstić information content (AvgIpc) is 2.55. The molecular weight excluding hydrogens is 316 g/mol. The van der Waals surface area contributed by atoms with Crippen molar-refractivity contribution in [2.24, 2.45) is 0 Å². The van der Waals surface area contributed by atoms with Crippen molar-refractivity contribution < 1.29 is 14.3 Å². The standard InChI is InChI=1S/C20H26N2O3/c1-14(2)25-20-10-7-18(12-21-20)11-17-5-8-19(9-6-17)24-13-15(3)22-16(4)23/h5-10,12,14-15H,11,13H2,1-4H3,(H,22,23)/t15-/m0/s1. The molecule has 0 radical (unpaired) electrons. The summed E-state index contributed by atoms with van der Waals surface area (Å²) >= 11 is 0. The Balaban J connectivity index is 1.86. The first kappa shape index (κ1) is 18.8. The van der Waals surface area contributed by atoms with Crippen LogP contribution in [0.25, 0.3) is 0 Å². The molecule has 0 aliphatic carbocycles. The normalized spacial score (nSPS) is 11.9. The van der Waals surface area contributed by atoms with Crippen LogP contribution >= 0.6 is 0 Å². The minimum atomic E-state index is -0.0510. The second-order valence-corrected chi connectivity index (χ2v) is 6.40. The van der Waals surface area contributed by atoms with Crippen LogP contribution < -0.4 is 14.8 Å². The van der Waals surface area contributed by atoms with Gasteiger partial charge in [0.2, 0.25) is 11.8 Å². The lowest BCUT2D eigenvalue weighted by Gasteiger charge is -2.14. The molecule has 0 spiro atoms. The average molecular weight is 342 g/mol. The fourth-order valence-corrected chi connectivity index (χ4v) is 2.38. The highest BCUT2D eigenvalue weighted by Crippen LogP contribution is 2.17. The lowest BCUT2D eigenvalue weighted by molar-refractivity contribution is -0.119. The van der Waals surface area contributed by atoms with Gasteiger partial charge in [0, 0.05) is 19.2 Å². The fraction of sp³-hybridized carbons (Fsp3) is 0.400. The van der Waals surface area contributed by atoms with E-state index >= 15 is 0 Å². The van der Waals surface area contributed by atoms with Crippen molar-refractivity contribution in [2.45, 2.75) is 46.3 Å². The van der Waals surface area contributed by atoms with E-state index in [1.807, 2.05) is 63.4 Å². The molecule has 2 aromatic rings. The van der Waals surface area contributed by atoms with Crippen LogP contribution in [0.2, 0.25) is 0 Å². The number of pyridine rings is 1. The first-order chi connectivity index (χ1) is 11.9. The van der Waals surface area contributed by atoms with Crippen LogP contribution in [0.1, 0.15) is 38.8 Å². The van der Waals surface area contributed by atoms with Crippen molar-refractivity contribution in [1.29, 1.82) is 0 Å². The van der Waals surface area contributed by atoms with Gasteiger partial charge in [-0.25, -0.2) is 4.98 Å². The quantitative estimate of drug-likeness (QED) is 0.799. The molecule has 5 heteroatoms. The first-order valence-corrected chi connectivity index (χ1v) is 8.53. The maximum atomic E-state index is 11.0. The van der Waals surface area contributed by atoms with Gasteiger partial charge in [0.15, 0.2) is 0 Å². The van der Waals surface area contributed by atoms with Crippen LogP contribution in [0, 0.1) is 0 Å². The molecule has 0 saturated carbocycles. The third-order valence-corrected chi connectivity index (χ3v) is 3.44. The number of nitrogens with one attached hydrogen (secondary N) is 1. The molecule has 0 aliphatic heterocycles. The number of rotatable bonds is 8. The summed E-state index contributed by atoms with van der Waals surface area (Å²) in [5, 5.41) is 2.79. The molecule has 25 heavy (non-hydrogen) atoms. The highest BCUT2D eigenvalue weighted by Gasteiger charge is 2.05. The largest absolute Gasteiger partial charge is 0.491 e. The zero-order valence-electron chi connectivity index (χ0n) is 15.3. The number of carbonyl (C=O) groups is 1. The molecule has 1 N–H and O–H groups in total. The molecule has 1 amide bonds. The Kier molecular flexibility index (Phi) is 6.81.